The van der Waals surface area contributed by atoms with Gasteiger partial charge >= 0.3 is 0 Å². The highest BCUT2D eigenvalue weighted by atomic mass is 32.2. The zero-order chi connectivity index (χ0) is 19.8. The van der Waals surface area contributed by atoms with Crippen molar-refractivity contribution in [1.29, 1.82) is 0 Å². The Bertz CT molecular complexity index is 964. The van der Waals surface area contributed by atoms with Gasteiger partial charge in [-0.15, -0.1) is 11.8 Å². The van der Waals surface area contributed by atoms with E-state index in [4.69, 9.17) is 0 Å². The maximum atomic E-state index is 13.6. The van der Waals surface area contributed by atoms with E-state index in [2.05, 4.69) is 10.6 Å². The quantitative estimate of drug-likeness (QED) is 0.569. The maximum Gasteiger partial charge on any atom is 0.234 e. The van der Waals surface area contributed by atoms with Crippen LogP contribution in [0.15, 0.2) is 83.8 Å². The van der Waals surface area contributed by atoms with Gasteiger partial charge in [0.1, 0.15) is 5.82 Å². The average molecular weight is 394 g/mol. The first-order valence-electron chi connectivity index (χ1n) is 8.71. The third kappa shape index (κ3) is 5.96. The number of hydrogen-bond donors (Lipinski definition) is 2. The van der Waals surface area contributed by atoms with Crippen LogP contribution in [0.2, 0.25) is 0 Å². The number of hydrogen-bond acceptors (Lipinski definition) is 3. The van der Waals surface area contributed by atoms with Gasteiger partial charge in [0, 0.05) is 10.6 Å². The third-order valence-electron chi connectivity index (χ3n) is 3.84. The van der Waals surface area contributed by atoms with Gasteiger partial charge in [-0.1, -0.05) is 48.5 Å². The Morgan fingerprint density at radius 1 is 0.821 bits per heavy atom. The number of anilines is 2. The Labute approximate surface area is 167 Å². The van der Waals surface area contributed by atoms with Crippen molar-refractivity contribution >= 4 is 35.0 Å². The van der Waals surface area contributed by atoms with Crippen LogP contribution in [0.5, 0.6) is 0 Å². The number of para-hydroxylation sites is 1. The van der Waals surface area contributed by atoms with Crippen LogP contribution in [0, 0.1) is 5.82 Å². The highest BCUT2D eigenvalue weighted by molar-refractivity contribution is 8.00. The lowest BCUT2D eigenvalue weighted by Crippen LogP contribution is -2.15. The van der Waals surface area contributed by atoms with E-state index in [1.165, 1.54) is 23.9 Å². The number of carbonyl (C=O) groups is 2. The molecule has 0 saturated carbocycles. The minimum atomic E-state index is -0.469. The zero-order valence-electron chi connectivity index (χ0n) is 15.0. The fraction of sp³-hybridized carbons (Fsp3) is 0.0909. The van der Waals surface area contributed by atoms with Crippen LogP contribution in [0.3, 0.4) is 0 Å². The molecule has 2 N–H and O–H groups in total. The summed E-state index contributed by atoms with van der Waals surface area (Å²) in [6, 6.07) is 22.8. The molecule has 28 heavy (non-hydrogen) atoms. The summed E-state index contributed by atoms with van der Waals surface area (Å²) < 4.78 is 13.6. The molecule has 0 aliphatic rings. The highest BCUT2D eigenvalue weighted by Crippen LogP contribution is 2.22. The summed E-state index contributed by atoms with van der Waals surface area (Å²) >= 11 is 1.31. The second kappa shape index (κ2) is 9.71. The molecule has 0 aliphatic heterocycles. The van der Waals surface area contributed by atoms with Crippen LogP contribution in [0.4, 0.5) is 15.8 Å². The Hall–Kier alpha value is -3.12. The van der Waals surface area contributed by atoms with Crippen molar-refractivity contribution < 1.29 is 14.0 Å². The normalized spacial score (nSPS) is 10.3. The molecule has 0 aromatic heterocycles. The highest BCUT2D eigenvalue weighted by Gasteiger charge is 2.08. The van der Waals surface area contributed by atoms with Crippen molar-refractivity contribution in [2.45, 2.75) is 11.3 Å². The average Bonchev–Trinajstić information content (AvgIpc) is 2.69. The van der Waals surface area contributed by atoms with E-state index in [1.807, 2.05) is 48.5 Å². The van der Waals surface area contributed by atoms with Crippen molar-refractivity contribution in [2.24, 2.45) is 0 Å². The molecule has 0 spiro atoms. The number of carbonyl (C=O) groups excluding carboxylic acids is 2. The predicted molar refractivity (Wildman–Crippen MR) is 111 cm³/mol. The molecule has 0 aliphatic carbocycles. The number of halogens is 1. The molecule has 0 atom stereocenters. The van der Waals surface area contributed by atoms with Gasteiger partial charge in [-0.05, 0) is 35.9 Å². The SMILES string of the molecule is O=C(Cc1ccccc1)Nc1cccc(SCC(=O)Nc2ccccc2F)c1. The summed E-state index contributed by atoms with van der Waals surface area (Å²) in [6.07, 6.45) is 0.295. The van der Waals surface area contributed by atoms with E-state index in [1.54, 1.807) is 18.2 Å². The predicted octanol–water partition coefficient (Wildman–Crippen LogP) is 4.74. The molecule has 0 fully saturated rings. The molecule has 2 amide bonds. The molecule has 6 heteroatoms. The fourth-order valence-electron chi connectivity index (χ4n) is 2.55. The van der Waals surface area contributed by atoms with Gasteiger partial charge in [0.25, 0.3) is 0 Å². The van der Waals surface area contributed by atoms with Gasteiger partial charge in [0.15, 0.2) is 0 Å². The minimum Gasteiger partial charge on any atom is -0.326 e. The molecule has 0 heterocycles. The zero-order valence-corrected chi connectivity index (χ0v) is 15.8. The van der Waals surface area contributed by atoms with Crippen LogP contribution in [0.25, 0.3) is 0 Å². The first-order valence-corrected chi connectivity index (χ1v) is 9.70. The van der Waals surface area contributed by atoms with Crippen LogP contribution in [-0.4, -0.2) is 17.6 Å². The van der Waals surface area contributed by atoms with Gasteiger partial charge in [-0.3, -0.25) is 9.59 Å². The number of nitrogens with one attached hydrogen (secondary N) is 2. The second-order valence-corrected chi connectivity index (χ2v) is 7.10. The monoisotopic (exact) mass is 394 g/mol. The number of amides is 2. The molecular weight excluding hydrogens is 375 g/mol. The standard InChI is InChI=1S/C22H19FN2O2S/c23-19-11-4-5-12-20(19)25-22(27)15-28-18-10-6-9-17(14-18)24-21(26)13-16-7-2-1-3-8-16/h1-12,14H,13,15H2,(H,24,26)(H,25,27). The molecule has 0 saturated heterocycles. The van der Waals surface area contributed by atoms with E-state index in [0.717, 1.165) is 10.5 Å². The number of benzene rings is 3. The van der Waals surface area contributed by atoms with Crippen molar-refractivity contribution in [1.82, 2.24) is 0 Å². The fourth-order valence-corrected chi connectivity index (χ4v) is 3.30. The van der Waals surface area contributed by atoms with Gasteiger partial charge in [-0.25, -0.2) is 4.39 Å². The van der Waals surface area contributed by atoms with Crippen LogP contribution in [0.1, 0.15) is 5.56 Å². The number of thioether (sulfide) groups is 1. The van der Waals surface area contributed by atoms with Crippen molar-refractivity contribution in [3.8, 4) is 0 Å². The lowest BCUT2D eigenvalue weighted by molar-refractivity contribution is -0.115. The topological polar surface area (TPSA) is 58.2 Å². The van der Waals surface area contributed by atoms with E-state index >= 15 is 0 Å². The molecule has 0 radical (unpaired) electrons. The third-order valence-corrected chi connectivity index (χ3v) is 4.84. The van der Waals surface area contributed by atoms with Gasteiger partial charge in [0.05, 0.1) is 17.9 Å². The number of rotatable bonds is 7. The van der Waals surface area contributed by atoms with Gasteiger partial charge in [-0.2, -0.15) is 0 Å². The Morgan fingerprint density at radius 2 is 1.57 bits per heavy atom. The van der Waals surface area contributed by atoms with E-state index < -0.39 is 5.82 Å². The molecule has 3 rings (SSSR count). The van der Waals surface area contributed by atoms with Gasteiger partial charge < -0.3 is 10.6 Å². The minimum absolute atomic E-state index is 0.106. The molecular formula is C22H19FN2O2S. The van der Waals surface area contributed by atoms with Gasteiger partial charge in [0.2, 0.25) is 11.8 Å². The largest absolute Gasteiger partial charge is 0.326 e. The lowest BCUT2D eigenvalue weighted by Gasteiger charge is -2.08. The van der Waals surface area contributed by atoms with Crippen molar-refractivity contribution in [2.75, 3.05) is 16.4 Å². The smallest absolute Gasteiger partial charge is 0.234 e. The maximum absolute atomic E-state index is 13.6. The summed E-state index contributed by atoms with van der Waals surface area (Å²) in [7, 11) is 0. The van der Waals surface area contributed by atoms with E-state index in [-0.39, 0.29) is 23.3 Å². The molecule has 4 nitrogen and oxygen atoms in total. The Balaban J connectivity index is 1.52. The summed E-state index contributed by atoms with van der Waals surface area (Å²) in [6.45, 7) is 0. The van der Waals surface area contributed by atoms with Crippen LogP contribution < -0.4 is 10.6 Å². The molecule has 142 valence electrons. The molecule has 0 unspecified atom stereocenters. The van der Waals surface area contributed by atoms with E-state index in [9.17, 15) is 14.0 Å². The Kier molecular flexibility index (Phi) is 6.81. The summed E-state index contributed by atoms with van der Waals surface area (Å²) in [5.41, 5.74) is 1.77. The molecule has 3 aromatic rings. The summed E-state index contributed by atoms with van der Waals surface area (Å²) in [4.78, 5) is 25.0. The van der Waals surface area contributed by atoms with Crippen molar-refractivity contribution in [3.05, 3.63) is 90.2 Å². The lowest BCUT2D eigenvalue weighted by atomic mass is 10.1. The molecule has 3 aromatic carbocycles. The molecule has 0 bridgehead atoms. The van der Waals surface area contributed by atoms with E-state index in [0.29, 0.717) is 12.1 Å². The summed E-state index contributed by atoms with van der Waals surface area (Å²) in [5, 5.41) is 5.41. The summed E-state index contributed by atoms with van der Waals surface area (Å²) in [5.74, 6) is -0.737. The van der Waals surface area contributed by atoms with Crippen LogP contribution in [-0.2, 0) is 16.0 Å². The van der Waals surface area contributed by atoms with Crippen LogP contribution >= 0.6 is 11.8 Å². The van der Waals surface area contributed by atoms with Crippen molar-refractivity contribution in [3.63, 3.8) is 0 Å². The second-order valence-electron chi connectivity index (χ2n) is 6.06. The first-order chi connectivity index (χ1) is 13.6. The Morgan fingerprint density at radius 3 is 2.36 bits per heavy atom. The first kappa shape index (κ1) is 19.6.